The molecule has 0 radical (unpaired) electrons. The molecule has 29 heavy (non-hydrogen) atoms. The summed E-state index contributed by atoms with van der Waals surface area (Å²) in [6.45, 7) is 9.92. The van der Waals surface area contributed by atoms with Crippen molar-refractivity contribution in [2.45, 2.75) is 26.7 Å². The van der Waals surface area contributed by atoms with Gasteiger partial charge in [0, 0.05) is 51.4 Å². The molecule has 1 aliphatic rings. The van der Waals surface area contributed by atoms with Crippen molar-refractivity contribution in [2.24, 2.45) is 0 Å². The number of nitrogens with one attached hydrogen (secondary N) is 1. The number of piperazine rings is 1. The van der Waals surface area contributed by atoms with Gasteiger partial charge < -0.3 is 15.0 Å². The average Bonchev–Trinajstić information content (AvgIpc) is 2.75. The van der Waals surface area contributed by atoms with Crippen LogP contribution in [0.15, 0.2) is 42.5 Å². The maximum absolute atomic E-state index is 12.2. The van der Waals surface area contributed by atoms with Crippen LogP contribution in [-0.4, -0.2) is 57.2 Å². The Morgan fingerprint density at radius 3 is 2.45 bits per heavy atom. The van der Waals surface area contributed by atoms with Crippen LogP contribution in [0.4, 0.5) is 5.69 Å². The molecule has 156 valence electrons. The molecule has 1 heterocycles. The fraction of sp³-hybridized carbons (Fsp3) is 0.458. The van der Waals surface area contributed by atoms with E-state index in [0.29, 0.717) is 13.0 Å². The first kappa shape index (κ1) is 21.2. The Balaban J connectivity index is 1.34. The van der Waals surface area contributed by atoms with E-state index in [1.54, 1.807) is 7.11 Å². The molecule has 1 aliphatic heterocycles. The summed E-state index contributed by atoms with van der Waals surface area (Å²) in [7, 11) is 1.67. The minimum Gasteiger partial charge on any atom is -0.497 e. The number of amides is 1. The zero-order valence-electron chi connectivity index (χ0n) is 17.9. The Morgan fingerprint density at radius 1 is 1.03 bits per heavy atom. The van der Waals surface area contributed by atoms with Crippen molar-refractivity contribution in [1.29, 1.82) is 0 Å². The summed E-state index contributed by atoms with van der Waals surface area (Å²) in [6, 6.07) is 14.5. The first-order valence-corrected chi connectivity index (χ1v) is 10.5. The number of rotatable bonds is 8. The summed E-state index contributed by atoms with van der Waals surface area (Å²) in [6.07, 6.45) is 1.40. The highest BCUT2D eigenvalue weighted by molar-refractivity contribution is 5.76. The molecular weight excluding hydrogens is 362 g/mol. The molecule has 1 fully saturated rings. The third-order valence-corrected chi connectivity index (χ3v) is 5.84. The Hall–Kier alpha value is -2.53. The second-order valence-electron chi connectivity index (χ2n) is 7.75. The summed E-state index contributed by atoms with van der Waals surface area (Å²) in [4.78, 5) is 17.0. The molecule has 2 aromatic rings. The molecule has 1 saturated heterocycles. The van der Waals surface area contributed by atoms with E-state index in [2.05, 4.69) is 47.2 Å². The summed E-state index contributed by atoms with van der Waals surface area (Å²) in [5, 5.41) is 3.04. The van der Waals surface area contributed by atoms with Crippen LogP contribution >= 0.6 is 0 Å². The number of carbonyl (C=O) groups is 1. The number of nitrogens with zero attached hydrogens (tertiary/aromatic N) is 2. The van der Waals surface area contributed by atoms with E-state index in [1.807, 2.05) is 24.3 Å². The Bertz CT molecular complexity index is 796. The molecule has 0 saturated carbocycles. The SMILES string of the molecule is COc1ccc(CCNC(=O)CCN2CCN(c3cccc(C)c3C)CC2)cc1. The molecule has 0 bridgehead atoms. The molecule has 0 atom stereocenters. The second-order valence-corrected chi connectivity index (χ2v) is 7.75. The summed E-state index contributed by atoms with van der Waals surface area (Å²) >= 11 is 0. The fourth-order valence-electron chi connectivity index (χ4n) is 3.78. The second kappa shape index (κ2) is 10.3. The Kier molecular flexibility index (Phi) is 7.53. The number of carbonyl (C=O) groups excluding carboxylic acids is 1. The van der Waals surface area contributed by atoms with Crippen molar-refractivity contribution in [3.8, 4) is 5.75 Å². The number of hydrogen-bond donors (Lipinski definition) is 1. The lowest BCUT2D eigenvalue weighted by Gasteiger charge is -2.37. The largest absolute Gasteiger partial charge is 0.497 e. The van der Waals surface area contributed by atoms with E-state index in [-0.39, 0.29) is 5.91 Å². The average molecular weight is 396 g/mol. The molecule has 5 nitrogen and oxygen atoms in total. The first-order chi connectivity index (χ1) is 14.1. The minimum atomic E-state index is 0.135. The predicted octanol–water partition coefficient (Wildman–Crippen LogP) is 3.18. The van der Waals surface area contributed by atoms with E-state index < -0.39 is 0 Å². The van der Waals surface area contributed by atoms with Gasteiger partial charge >= 0.3 is 0 Å². The maximum Gasteiger partial charge on any atom is 0.221 e. The minimum absolute atomic E-state index is 0.135. The third-order valence-electron chi connectivity index (χ3n) is 5.84. The number of aryl methyl sites for hydroxylation is 1. The lowest BCUT2D eigenvalue weighted by atomic mass is 10.1. The van der Waals surface area contributed by atoms with Crippen LogP contribution in [0.1, 0.15) is 23.1 Å². The van der Waals surface area contributed by atoms with Crippen molar-refractivity contribution in [2.75, 3.05) is 51.3 Å². The lowest BCUT2D eigenvalue weighted by Crippen LogP contribution is -2.47. The van der Waals surface area contributed by atoms with Crippen LogP contribution < -0.4 is 15.0 Å². The van der Waals surface area contributed by atoms with Gasteiger partial charge in [0.15, 0.2) is 0 Å². The first-order valence-electron chi connectivity index (χ1n) is 10.5. The van der Waals surface area contributed by atoms with Gasteiger partial charge in [-0.05, 0) is 55.2 Å². The van der Waals surface area contributed by atoms with E-state index in [4.69, 9.17) is 4.74 Å². The topological polar surface area (TPSA) is 44.8 Å². The molecule has 0 aliphatic carbocycles. The number of ether oxygens (including phenoxy) is 1. The Morgan fingerprint density at radius 2 is 1.76 bits per heavy atom. The number of hydrogen-bond acceptors (Lipinski definition) is 4. The Labute approximate surface area is 174 Å². The van der Waals surface area contributed by atoms with Gasteiger partial charge in [-0.3, -0.25) is 9.69 Å². The van der Waals surface area contributed by atoms with Crippen LogP contribution in [0.5, 0.6) is 5.75 Å². The van der Waals surface area contributed by atoms with E-state index >= 15 is 0 Å². The highest BCUT2D eigenvalue weighted by Crippen LogP contribution is 2.23. The molecule has 0 aromatic heterocycles. The zero-order chi connectivity index (χ0) is 20.6. The fourth-order valence-corrected chi connectivity index (χ4v) is 3.78. The van der Waals surface area contributed by atoms with Crippen LogP contribution in [0, 0.1) is 13.8 Å². The summed E-state index contributed by atoms with van der Waals surface area (Å²) in [5.74, 6) is 0.992. The van der Waals surface area contributed by atoms with Crippen LogP contribution in [0.3, 0.4) is 0 Å². The molecule has 1 N–H and O–H groups in total. The van der Waals surface area contributed by atoms with Gasteiger partial charge in [0.2, 0.25) is 5.91 Å². The standard InChI is InChI=1S/C24H33N3O2/c1-19-5-4-6-23(20(19)2)27-17-15-26(16-18-27)14-12-24(28)25-13-11-21-7-9-22(29-3)10-8-21/h4-10H,11-18H2,1-3H3,(H,25,28). The summed E-state index contributed by atoms with van der Waals surface area (Å²) in [5.41, 5.74) is 5.27. The van der Waals surface area contributed by atoms with Crippen molar-refractivity contribution >= 4 is 11.6 Å². The lowest BCUT2D eigenvalue weighted by molar-refractivity contribution is -0.121. The highest BCUT2D eigenvalue weighted by Gasteiger charge is 2.19. The van der Waals surface area contributed by atoms with Crippen molar-refractivity contribution in [3.63, 3.8) is 0 Å². The van der Waals surface area contributed by atoms with E-state index in [1.165, 1.54) is 22.4 Å². The van der Waals surface area contributed by atoms with Gasteiger partial charge in [0.25, 0.3) is 0 Å². The van der Waals surface area contributed by atoms with Crippen molar-refractivity contribution in [1.82, 2.24) is 10.2 Å². The van der Waals surface area contributed by atoms with Gasteiger partial charge in [-0.1, -0.05) is 24.3 Å². The maximum atomic E-state index is 12.2. The number of benzene rings is 2. The van der Waals surface area contributed by atoms with Gasteiger partial charge in [-0.2, -0.15) is 0 Å². The molecular formula is C24H33N3O2. The molecule has 2 aromatic carbocycles. The van der Waals surface area contributed by atoms with Crippen molar-refractivity contribution < 1.29 is 9.53 Å². The molecule has 5 heteroatoms. The third kappa shape index (κ3) is 5.97. The van der Waals surface area contributed by atoms with Crippen LogP contribution in [0.25, 0.3) is 0 Å². The molecule has 0 spiro atoms. The van der Waals surface area contributed by atoms with Crippen LogP contribution in [0.2, 0.25) is 0 Å². The number of anilines is 1. The number of methoxy groups -OCH3 is 1. The monoisotopic (exact) mass is 395 g/mol. The van der Waals surface area contributed by atoms with Gasteiger partial charge in [-0.15, -0.1) is 0 Å². The molecule has 0 unspecified atom stereocenters. The van der Waals surface area contributed by atoms with Gasteiger partial charge in [-0.25, -0.2) is 0 Å². The van der Waals surface area contributed by atoms with E-state index in [0.717, 1.165) is 44.9 Å². The van der Waals surface area contributed by atoms with Gasteiger partial charge in [0.1, 0.15) is 5.75 Å². The highest BCUT2D eigenvalue weighted by atomic mass is 16.5. The normalized spacial score (nSPS) is 14.7. The smallest absolute Gasteiger partial charge is 0.221 e. The predicted molar refractivity (Wildman–Crippen MR) is 119 cm³/mol. The van der Waals surface area contributed by atoms with E-state index in [9.17, 15) is 4.79 Å². The molecule has 3 rings (SSSR count). The molecule has 1 amide bonds. The van der Waals surface area contributed by atoms with Crippen LogP contribution in [-0.2, 0) is 11.2 Å². The van der Waals surface area contributed by atoms with Gasteiger partial charge in [0.05, 0.1) is 7.11 Å². The zero-order valence-corrected chi connectivity index (χ0v) is 17.9. The van der Waals surface area contributed by atoms with Crippen molar-refractivity contribution in [3.05, 3.63) is 59.2 Å². The quantitative estimate of drug-likeness (QED) is 0.746. The summed E-state index contributed by atoms with van der Waals surface area (Å²) < 4.78 is 5.17.